The Hall–Kier alpha value is -2.18. The molecule has 2 N–H and O–H groups in total. The van der Waals surface area contributed by atoms with Crippen LogP contribution in [0.1, 0.15) is 32.4 Å². The van der Waals surface area contributed by atoms with Crippen molar-refractivity contribution in [3.05, 3.63) is 57.3 Å². The van der Waals surface area contributed by atoms with Crippen LogP contribution in [0.2, 0.25) is 0 Å². The van der Waals surface area contributed by atoms with Gasteiger partial charge in [0.15, 0.2) is 6.04 Å². The second kappa shape index (κ2) is 5.67. The Morgan fingerprint density at radius 2 is 2.05 bits per heavy atom. The molecule has 0 fully saturated rings. The number of ether oxygens (including phenoxy) is 1. The quantitative estimate of drug-likeness (QED) is 0.909. The van der Waals surface area contributed by atoms with Crippen LogP contribution in [0.5, 0.6) is 0 Å². The molecule has 2 heterocycles. The SMILES string of the molecule is O=C(NC(C(=O)O)c1cccs1)c1ccc2c(c1)COC2. The maximum absolute atomic E-state index is 12.2. The summed E-state index contributed by atoms with van der Waals surface area (Å²) in [7, 11) is 0. The van der Waals surface area contributed by atoms with Gasteiger partial charge in [-0.1, -0.05) is 12.1 Å². The molecule has 1 atom stereocenters. The van der Waals surface area contributed by atoms with Crippen molar-refractivity contribution < 1.29 is 19.4 Å². The lowest BCUT2D eigenvalue weighted by Crippen LogP contribution is -2.33. The molecule has 0 saturated heterocycles. The fraction of sp³-hybridized carbons (Fsp3) is 0.200. The third-order valence-electron chi connectivity index (χ3n) is 3.33. The van der Waals surface area contributed by atoms with Crippen LogP contribution in [0.3, 0.4) is 0 Å². The van der Waals surface area contributed by atoms with E-state index in [1.807, 2.05) is 6.07 Å². The van der Waals surface area contributed by atoms with Gasteiger partial charge in [0, 0.05) is 10.4 Å². The minimum atomic E-state index is -1.07. The van der Waals surface area contributed by atoms with Gasteiger partial charge in [0.25, 0.3) is 5.91 Å². The summed E-state index contributed by atoms with van der Waals surface area (Å²) in [5.41, 5.74) is 2.49. The summed E-state index contributed by atoms with van der Waals surface area (Å²) in [6, 6.07) is 7.72. The first-order valence-electron chi connectivity index (χ1n) is 6.42. The number of fused-ring (bicyclic) bond motifs is 1. The van der Waals surface area contributed by atoms with E-state index in [0.29, 0.717) is 23.7 Å². The van der Waals surface area contributed by atoms with Crippen molar-refractivity contribution in [2.45, 2.75) is 19.3 Å². The molecule has 1 unspecified atom stereocenters. The molecular weight excluding hydrogens is 290 g/mol. The van der Waals surface area contributed by atoms with Crippen molar-refractivity contribution in [2.75, 3.05) is 0 Å². The first kappa shape index (κ1) is 13.8. The Balaban J connectivity index is 1.80. The van der Waals surface area contributed by atoms with Crippen molar-refractivity contribution in [1.82, 2.24) is 5.32 Å². The number of nitrogens with one attached hydrogen (secondary N) is 1. The summed E-state index contributed by atoms with van der Waals surface area (Å²) < 4.78 is 5.30. The highest BCUT2D eigenvalue weighted by Gasteiger charge is 2.24. The molecule has 0 bridgehead atoms. The average molecular weight is 303 g/mol. The molecule has 1 aliphatic heterocycles. The number of benzene rings is 1. The number of carbonyl (C=O) groups excluding carboxylic acids is 1. The molecule has 1 aromatic heterocycles. The van der Waals surface area contributed by atoms with Crippen LogP contribution >= 0.6 is 11.3 Å². The lowest BCUT2D eigenvalue weighted by atomic mass is 10.1. The summed E-state index contributed by atoms with van der Waals surface area (Å²) in [4.78, 5) is 24.2. The zero-order valence-electron chi connectivity index (χ0n) is 11.0. The molecule has 0 aliphatic carbocycles. The van der Waals surface area contributed by atoms with E-state index in [4.69, 9.17) is 4.74 Å². The second-order valence-electron chi connectivity index (χ2n) is 4.74. The van der Waals surface area contributed by atoms with E-state index in [0.717, 1.165) is 11.1 Å². The van der Waals surface area contributed by atoms with Crippen LogP contribution < -0.4 is 5.32 Å². The van der Waals surface area contributed by atoms with Gasteiger partial charge in [0.05, 0.1) is 13.2 Å². The molecule has 2 aromatic rings. The molecule has 0 saturated carbocycles. The Bertz CT molecular complexity index is 681. The summed E-state index contributed by atoms with van der Waals surface area (Å²) in [5.74, 6) is -1.47. The molecule has 108 valence electrons. The first-order valence-corrected chi connectivity index (χ1v) is 7.30. The van der Waals surface area contributed by atoms with Gasteiger partial charge in [0.1, 0.15) is 0 Å². The summed E-state index contributed by atoms with van der Waals surface area (Å²) in [6.07, 6.45) is 0. The van der Waals surface area contributed by atoms with Crippen LogP contribution in [-0.2, 0) is 22.7 Å². The lowest BCUT2D eigenvalue weighted by Gasteiger charge is -2.13. The highest BCUT2D eigenvalue weighted by Crippen LogP contribution is 2.23. The zero-order chi connectivity index (χ0) is 14.8. The molecule has 0 radical (unpaired) electrons. The zero-order valence-corrected chi connectivity index (χ0v) is 11.9. The van der Waals surface area contributed by atoms with Crippen LogP contribution in [0.15, 0.2) is 35.7 Å². The van der Waals surface area contributed by atoms with Crippen molar-refractivity contribution in [3.8, 4) is 0 Å². The van der Waals surface area contributed by atoms with E-state index >= 15 is 0 Å². The van der Waals surface area contributed by atoms with Crippen LogP contribution in [0.4, 0.5) is 0 Å². The fourth-order valence-corrected chi connectivity index (χ4v) is 3.01. The van der Waals surface area contributed by atoms with Gasteiger partial charge in [-0.2, -0.15) is 0 Å². The van der Waals surface area contributed by atoms with Crippen molar-refractivity contribution in [2.24, 2.45) is 0 Å². The van der Waals surface area contributed by atoms with Gasteiger partial charge in [0.2, 0.25) is 0 Å². The van der Waals surface area contributed by atoms with Gasteiger partial charge in [-0.25, -0.2) is 4.79 Å². The van der Waals surface area contributed by atoms with Gasteiger partial charge < -0.3 is 15.2 Å². The highest BCUT2D eigenvalue weighted by molar-refractivity contribution is 7.10. The monoisotopic (exact) mass is 303 g/mol. The van der Waals surface area contributed by atoms with E-state index in [-0.39, 0.29) is 0 Å². The first-order chi connectivity index (χ1) is 10.1. The number of carbonyl (C=O) groups is 2. The van der Waals surface area contributed by atoms with Gasteiger partial charge in [-0.3, -0.25) is 4.79 Å². The van der Waals surface area contributed by atoms with Crippen LogP contribution in [0, 0.1) is 0 Å². The minimum Gasteiger partial charge on any atom is -0.479 e. The fourth-order valence-electron chi connectivity index (χ4n) is 2.24. The maximum Gasteiger partial charge on any atom is 0.331 e. The summed E-state index contributed by atoms with van der Waals surface area (Å²) in [5, 5.41) is 13.6. The van der Waals surface area contributed by atoms with E-state index in [2.05, 4.69) is 5.32 Å². The lowest BCUT2D eigenvalue weighted by molar-refractivity contribution is -0.139. The third-order valence-corrected chi connectivity index (χ3v) is 4.27. The number of rotatable bonds is 4. The van der Waals surface area contributed by atoms with E-state index < -0.39 is 17.9 Å². The molecular formula is C15H13NO4S. The molecule has 6 heteroatoms. The Kier molecular flexibility index (Phi) is 3.72. The average Bonchev–Trinajstić information content (AvgIpc) is 3.14. The van der Waals surface area contributed by atoms with Gasteiger partial charge >= 0.3 is 5.97 Å². The highest BCUT2D eigenvalue weighted by atomic mass is 32.1. The summed E-state index contributed by atoms with van der Waals surface area (Å²) >= 11 is 1.30. The smallest absolute Gasteiger partial charge is 0.331 e. The van der Waals surface area contributed by atoms with E-state index in [1.54, 1.807) is 29.6 Å². The van der Waals surface area contributed by atoms with Crippen LogP contribution in [0.25, 0.3) is 0 Å². The van der Waals surface area contributed by atoms with Gasteiger partial charge in [-0.15, -0.1) is 11.3 Å². The van der Waals surface area contributed by atoms with Crippen LogP contribution in [-0.4, -0.2) is 17.0 Å². The number of hydrogen-bond acceptors (Lipinski definition) is 4. The van der Waals surface area contributed by atoms with E-state index in [9.17, 15) is 14.7 Å². The predicted octanol–water partition coefficient (Wildman–Crippen LogP) is 2.33. The Morgan fingerprint density at radius 3 is 2.76 bits per heavy atom. The number of carboxylic acids is 1. The molecule has 1 aliphatic rings. The number of carboxylic acid groups (broad SMARTS) is 1. The second-order valence-corrected chi connectivity index (χ2v) is 5.72. The molecule has 1 amide bonds. The van der Waals surface area contributed by atoms with Crippen molar-refractivity contribution >= 4 is 23.2 Å². The molecule has 5 nitrogen and oxygen atoms in total. The normalized spacial score (nSPS) is 14.5. The Labute approximate surface area is 125 Å². The molecule has 0 spiro atoms. The number of amides is 1. The standard InChI is InChI=1S/C15H13NO4S/c17-14(9-3-4-10-7-20-8-11(10)6-9)16-13(15(18)19)12-2-1-5-21-12/h1-6,13H,7-8H2,(H,16,17)(H,18,19). The largest absolute Gasteiger partial charge is 0.479 e. The Morgan fingerprint density at radius 1 is 1.24 bits per heavy atom. The summed E-state index contributed by atoms with van der Waals surface area (Å²) in [6.45, 7) is 1.05. The number of hydrogen-bond donors (Lipinski definition) is 2. The van der Waals surface area contributed by atoms with Gasteiger partial charge in [-0.05, 0) is 34.7 Å². The van der Waals surface area contributed by atoms with Crippen molar-refractivity contribution in [3.63, 3.8) is 0 Å². The van der Waals surface area contributed by atoms with E-state index in [1.165, 1.54) is 11.3 Å². The number of aliphatic carboxylic acids is 1. The molecule has 21 heavy (non-hydrogen) atoms. The number of thiophene rings is 1. The maximum atomic E-state index is 12.2. The molecule has 3 rings (SSSR count). The minimum absolute atomic E-state index is 0.398. The third kappa shape index (κ3) is 2.81. The molecule has 1 aromatic carbocycles. The predicted molar refractivity (Wildman–Crippen MR) is 77.1 cm³/mol. The topological polar surface area (TPSA) is 75.6 Å². The van der Waals surface area contributed by atoms with Crippen molar-refractivity contribution in [1.29, 1.82) is 0 Å².